The number of nitrogens with zero attached hydrogens (tertiary/aromatic N) is 1. The van der Waals surface area contributed by atoms with Gasteiger partial charge in [0.05, 0.1) is 6.61 Å². The molecule has 0 saturated carbocycles. The molecule has 3 N–H and O–H groups in total. The minimum Gasteiger partial charge on any atom is -0.396 e. The summed E-state index contributed by atoms with van der Waals surface area (Å²) in [6.07, 6.45) is 2.38. The van der Waals surface area contributed by atoms with Crippen molar-refractivity contribution in [3.05, 3.63) is 18.0 Å². The van der Waals surface area contributed by atoms with Crippen molar-refractivity contribution in [2.24, 2.45) is 0 Å². The molecule has 0 bridgehead atoms. The molecule has 1 unspecified atom stereocenters. The van der Waals surface area contributed by atoms with E-state index in [0.717, 1.165) is 5.69 Å². The summed E-state index contributed by atoms with van der Waals surface area (Å²) in [5.41, 5.74) is 0.824. The number of hydrogen-bond acceptors (Lipinski definition) is 4. The summed E-state index contributed by atoms with van der Waals surface area (Å²) in [6, 6.07) is 1.92. The number of aromatic nitrogens is 2. The van der Waals surface area contributed by atoms with Gasteiger partial charge in [0.2, 0.25) is 0 Å². The largest absolute Gasteiger partial charge is 0.396 e. The van der Waals surface area contributed by atoms with Gasteiger partial charge in [-0.25, -0.2) is 0 Å². The number of methoxy groups -OCH3 is 1. The fourth-order valence-electron chi connectivity index (χ4n) is 1.47. The van der Waals surface area contributed by atoms with Crippen LogP contribution in [0.15, 0.2) is 12.3 Å². The summed E-state index contributed by atoms with van der Waals surface area (Å²) >= 11 is 0. The summed E-state index contributed by atoms with van der Waals surface area (Å²) in [5.74, 6) is 0. The van der Waals surface area contributed by atoms with Gasteiger partial charge in [-0.15, -0.1) is 0 Å². The first-order valence-corrected chi connectivity index (χ1v) is 5.03. The van der Waals surface area contributed by atoms with Crippen LogP contribution in [0, 0.1) is 0 Å². The highest BCUT2D eigenvalue weighted by Crippen LogP contribution is 2.10. The smallest absolute Gasteiger partial charge is 0.0642 e. The molecule has 0 aromatic carbocycles. The van der Waals surface area contributed by atoms with Crippen LogP contribution >= 0.6 is 0 Å². The van der Waals surface area contributed by atoms with Gasteiger partial charge in [-0.3, -0.25) is 5.10 Å². The van der Waals surface area contributed by atoms with Crippen molar-refractivity contribution in [3.63, 3.8) is 0 Å². The van der Waals surface area contributed by atoms with Crippen molar-refractivity contribution >= 4 is 0 Å². The van der Waals surface area contributed by atoms with Gasteiger partial charge < -0.3 is 15.2 Å². The summed E-state index contributed by atoms with van der Waals surface area (Å²) in [7, 11) is 1.66. The average Bonchev–Trinajstić information content (AvgIpc) is 2.68. The Morgan fingerprint density at radius 1 is 1.67 bits per heavy atom. The fourth-order valence-corrected chi connectivity index (χ4v) is 1.47. The zero-order valence-electron chi connectivity index (χ0n) is 9.29. The monoisotopic (exact) mass is 213 g/mol. The highest BCUT2D eigenvalue weighted by atomic mass is 16.5. The molecule has 1 aromatic heterocycles. The highest BCUT2D eigenvalue weighted by molar-refractivity contribution is 4.98. The number of hydrogen-bond donors (Lipinski definition) is 3. The molecule has 0 radical (unpaired) electrons. The maximum atomic E-state index is 8.97. The molecule has 1 atom stereocenters. The SMILES string of the molecule is COCC(C)(CCO)NCc1ccn[nH]1. The van der Waals surface area contributed by atoms with Crippen molar-refractivity contribution < 1.29 is 9.84 Å². The number of rotatable bonds is 7. The van der Waals surface area contributed by atoms with Gasteiger partial charge in [0.15, 0.2) is 0 Å². The third kappa shape index (κ3) is 3.99. The molecule has 86 valence electrons. The first kappa shape index (κ1) is 12.2. The van der Waals surface area contributed by atoms with Crippen molar-refractivity contribution in [2.75, 3.05) is 20.3 Å². The van der Waals surface area contributed by atoms with Crippen molar-refractivity contribution in [1.29, 1.82) is 0 Å². The van der Waals surface area contributed by atoms with E-state index in [1.165, 1.54) is 0 Å². The van der Waals surface area contributed by atoms with E-state index in [4.69, 9.17) is 9.84 Å². The number of nitrogens with one attached hydrogen (secondary N) is 2. The fraction of sp³-hybridized carbons (Fsp3) is 0.700. The molecule has 1 aromatic rings. The van der Waals surface area contributed by atoms with Crippen LogP contribution < -0.4 is 5.32 Å². The summed E-state index contributed by atoms with van der Waals surface area (Å²) in [4.78, 5) is 0. The normalized spacial score (nSPS) is 15.1. The summed E-state index contributed by atoms with van der Waals surface area (Å²) in [5, 5.41) is 19.1. The zero-order valence-corrected chi connectivity index (χ0v) is 9.29. The van der Waals surface area contributed by atoms with Crippen LogP contribution in [0.25, 0.3) is 0 Å². The van der Waals surface area contributed by atoms with Gasteiger partial charge in [0.1, 0.15) is 0 Å². The molecule has 0 aliphatic carbocycles. The molecular formula is C10H19N3O2. The predicted octanol–water partition coefficient (Wildman–Crippen LogP) is 0.287. The summed E-state index contributed by atoms with van der Waals surface area (Å²) in [6.45, 7) is 3.44. The van der Waals surface area contributed by atoms with Gasteiger partial charge in [0.25, 0.3) is 0 Å². The Balaban J connectivity index is 2.43. The topological polar surface area (TPSA) is 70.2 Å². The Hall–Kier alpha value is -0.910. The van der Waals surface area contributed by atoms with Gasteiger partial charge in [-0.2, -0.15) is 5.10 Å². The highest BCUT2D eigenvalue weighted by Gasteiger charge is 2.22. The van der Waals surface area contributed by atoms with E-state index in [1.807, 2.05) is 13.0 Å². The minimum absolute atomic E-state index is 0.149. The number of aliphatic hydroxyl groups excluding tert-OH is 1. The molecule has 1 heterocycles. The first-order chi connectivity index (χ1) is 7.20. The number of H-pyrrole nitrogens is 1. The minimum atomic E-state index is -0.200. The van der Waals surface area contributed by atoms with Crippen molar-refractivity contribution in [1.82, 2.24) is 15.5 Å². The van der Waals surface area contributed by atoms with Crippen LogP contribution in [0.4, 0.5) is 0 Å². The van der Waals surface area contributed by atoms with E-state index >= 15 is 0 Å². The van der Waals surface area contributed by atoms with Gasteiger partial charge in [-0.05, 0) is 19.4 Å². The Labute approximate surface area is 89.8 Å². The van der Waals surface area contributed by atoms with Crippen LogP contribution in [0.3, 0.4) is 0 Å². The molecule has 0 fully saturated rings. The van der Waals surface area contributed by atoms with Gasteiger partial charge in [-0.1, -0.05) is 0 Å². The Bertz CT molecular complexity index is 256. The maximum absolute atomic E-state index is 8.97. The van der Waals surface area contributed by atoms with E-state index in [-0.39, 0.29) is 12.1 Å². The van der Waals surface area contributed by atoms with Crippen LogP contribution in [-0.2, 0) is 11.3 Å². The third-order valence-corrected chi connectivity index (χ3v) is 2.39. The van der Waals surface area contributed by atoms with Crippen LogP contribution in [0.5, 0.6) is 0 Å². The van der Waals surface area contributed by atoms with Crippen LogP contribution in [0.2, 0.25) is 0 Å². The van der Waals surface area contributed by atoms with Gasteiger partial charge >= 0.3 is 0 Å². The molecule has 0 aliphatic rings. The standard InChI is InChI=1S/C10H19N3O2/c1-10(4-6-14,8-15-2)11-7-9-3-5-12-13-9/h3,5,11,14H,4,6-8H2,1-2H3,(H,12,13). The summed E-state index contributed by atoms with van der Waals surface area (Å²) < 4.78 is 5.13. The van der Waals surface area contributed by atoms with Crippen LogP contribution in [-0.4, -0.2) is 41.2 Å². The zero-order chi connectivity index (χ0) is 11.1. The molecule has 5 nitrogen and oxygen atoms in total. The average molecular weight is 213 g/mol. The lowest BCUT2D eigenvalue weighted by molar-refractivity contribution is 0.0967. The molecule has 1 rings (SSSR count). The first-order valence-electron chi connectivity index (χ1n) is 5.03. The van der Waals surface area contributed by atoms with E-state index < -0.39 is 0 Å². The Morgan fingerprint density at radius 2 is 2.47 bits per heavy atom. The third-order valence-electron chi connectivity index (χ3n) is 2.39. The van der Waals surface area contributed by atoms with Crippen molar-refractivity contribution in [3.8, 4) is 0 Å². The number of aromatic amines is 1. The van der Waals surface area contributed by atoms with Crippen LogP contribution in [0.1, 0.15) is 19.0 Å². The quantitative estimate of drug-likeness (QED) is 0.608. The van der Waals surface area contributed by atoms with E-state index in [9.17, 15) is 0 Å². The second-order valence-electron chi connectivity index (χ2n) is 3.90. The van der Waals surface area contributed by atoms with E-state index in [1.54, 1.807) is 13.3 Å². The molecular weight excluding hydrogens is 194 g/mol. The maximum Gasteiger partial charge on any atom is 0.0642 e. The lowest BCUT2D eigenvalue weighted by Gasteiger charge is -2.29. The number of ether oxygens (including phenoxy) is 1. The molecule has 5 heteroatoms. The lowest BCUT2D eigenvalue weighted by atomic mass is 9.99. The van der Waals surface area contributed by atoms with Crippen molar-refractivity contribution in [2.45, 2.75) is 25.4 Å². The second-order valence-corrected chi connectivity index (χ2v) is 3.90. The predicted molar refractivity (Wildman–Crippen MR) is 57.4 cm³/mol. The molecule has 0 saturated heterocycles. The van der Waals surface area contributed by atoms with E-state index in [0.29, 0.717) is 19.6 Å². The van der Waals surface area contributed by atoms with E-state index in [2.05, 4.69) is 15.5 Å². The van der Waals surface area contributed by atoms with Gasteiger partial charge in [0, 0.05) is 37.7 Å². The lowest BCUT2D eigenvalue weighted by Crippen LogP contribution is -2.46. The molecule has 0 amide bonds. The molecule has 0 aliphatic heterocycles. The molecule has 15 heavy (non-hydrogen) atoms. The molecule has 0 spiro atoms. The Kier molecular flexibility index (Phi) is 4.74. The second kappa shape index (κ2) is 5.85. The Morgan fingerprint density at radius 3 is 3.00 bits per heavy atom. The number of aliphatic hydroxyl groups is 1.